The van der Waals surface area contributed by atoms with Gasteiger partial charge in [0.05, 0.1) is 30.4 Å². The standard InChI is InChI=1S/C20H29N3O3.ClH/c1-5-25-16-8-7-14(13-17(16)26-6-2)18-20(3,4)19(24)23(22-18)15-9-11-21-12-10-15;/h7-8,13,15,21H,5-6,9-12H2,1-4H3;1H. The van der Waals surface area contributed by atoms with Gasteiger partial charge in [0, 0.05) is 5.56 Å². The Labute approximate surface area is 167 Å². The quantitative estimate of drug-likeness (QED) is 0.803. The first-order valence-corrected chi connectivity index (χ1v) is 9.52. The van der Waals surface area contributed by atoms with Crippen molar-refractivity contribution >= 4 is 24.0 Å². The van der Waals surface area contributed by atoms with Crippen molar-refractivity contribution < 1.29 is 14.3 Å². The molecule has 0 spiro atoms. The summed E-state index contributed by atoms with van der Waals surface area (Å²) in [6, 6.07) is 5.98. The highest BCUT2D eigenvalue weighted by Crippen LogP contribution is 2.37. The Morgan fingerprint density at radius 2 is 1.78 bits per heavy atom. The number of nitrogens with one attached hydrogen (secondary N) is 1. The summed E-state index contributed by atoms with van der Waals surface area (Å²) in [5.41, 5.74) is 1.05. The first-order chi connectivity index (χ1) is 12.5. The number of hydrazone groups is 1. The SMILES string of the molecule is CCOc1ccc(C2=NN(C3CCNCC3)C(=O)C2(C)C)cc1OCC.Cl. The van der Waals surface area contributed by atoms with Gasteiger partial charge in [-0.05, 0) is 71.8 Å². The van der Waals surface area contributed by atoms with Crippen molar-refractivity contribution in [3.63, 3.8) is 0 Å². The van der Waals surface area contributed by atoms with E-state index in [2.05, 4.69) is 5.32 Å². The van der Waals surface area contributed by atoms with Crippen LogP contribution in [-0.4, -0.2) is 49.0 Å². The third-order valence-corrected chi connectivity index (χ3v) is 5.01. The molecule has 27 heavy (non-hydrogen) atoms. The number of amides is 1. The fourth-order valence-corrected chi connectivity index (χ4v) is 3.58. The third-order valence-electron chi connectivity index (χ3n) is 5.01. The van der Waals surface area contributed by atoms with Crippen LogP contribution in [0.5, 0.6) is 11.5 Å². The van der Waals surface area contributed by atoms with Crippen LogP contribution in [0.25, 0.3) is 0 Å². The molecule has 0 radical (unpaired) electrons. The van der Waals surface area contributed by atoms with Crippen LogP contribution in [0.3, 0.4) is 0 Å². The Morgan fingerprint density at radius 3 is 2.41 bits per heavy atom. The van der Waals surface area contributed by atoms with Crippen molar-refractivity contribution in [2.24, 2.45) is 10.5 Å². The molecule has 1 N–H and O–H groups in total. The summed E-state index contributed by atoms with van der Waals surface area (Å²) in [7, 11) is 0. The zero-order valence-corrected chi connectivity index (χ0v) is 17.4. The molecule has 2 aliphatic heterocycles. The first-order valence-electron chi connectivity index (χ1n) is 9.52. The van der Waals surface area contributed by atoms with Crippen molar-refractivity contribution in [1.82, 2.24) is 10.3 Å². The summed E-state index contributed by atoms with van der Waals surface area (Å²) >= 11 is 0. The molecule has 1 fully saturated rings. The molecule has 0 saturated carbocycles. The Morgan fingerprint density at radius 1 is 1.15 bits per heavy atom. The minimum Gasteiger partial charge on any atom is -0.490 e. The normalized spacial score (nSPS) is 19.5. The summed E-state index contributed by atoms with van der Waals surface area (Å²) in [4.78, 5) is 13.0. The Balaban J connectivity index is 0.00000261. The van der Waals surface area contributed by atoms with Crippen LogP contribution in [0.1, 0.15) is 46.1 Å². The zero-order chi connectivity index (χ0) is 18.7. The average Bonchev–Trinajstić information content (AvgIpc) is 2.88. The number of carbonyl (C=O) groups excluding carboxylic acids is 1. The summed E-state index contributed by atoms with van der Waals surface area (Å²) < 4.78 is 11.4. The van der Waals surface area contributed by atoms with E-state index in [4.69, 9.17) is 14.6 Å². The second-order valence-corrected chi connectivity index (χ2v) is 7.23. The topological polar surface area (TPSA) is 63.2 Å². The lowest BCUT2D eigenvalue weighted by Gasteiger charge is -2.30. The number of rotatable bonds is 6. The van der Waals surface area contributed by atoms with Gasteiger partial charge in [0.1, 0.15) is 0 Å². The van der Waals surface area contributed by atoms with Crippen LogP contribution in [0.4, 0.5) is 0 Å². The molecule has 150 valence electrons. The highest BCUT2D eigenvalue weighted by Gasteiger charge is 2.46. The maximum absolute atomic E-state index is 13.0. The first kappa shape index (κ1) is 21.5. The number of benzene rings is 1. The molecule has 3 rings (SSSR count). The van der Waals surface area contributed by atoms with Gasteiger partial charge in [-0.3, -0.25) is 4.79 Å². The van der Waals surface area contributed by atoms with Crippen LogP contribution in [0, 0.1) is 5.41 Å². The third kappa shape index (κ3) is 4.22. The van der Waals surface area contributed by atoms with Crippen LogP contribution < -0.4 is 14.8 Å². The van der Waals surface area contributed by atoms with Gasteiger partial charge in [0.2, 0.25) is 0 Å². The van der Waals surface area contributed by atoms with Gasteiger partial charge in [0.25, 0.3) is 5.91 Å². The largest absolute Gasteiger partial charge is 0.490 e. The fraction of sp³-hybridized carbons (Fsp3) is 0.600. The molecule has 1 amide bonds. The van der Waals surface area contributed by atoms with Gasteiger partial charge in [-0.25, -0.2) is 5.01 Å². The Bertz CT molecular complexity index is 700. The molecule has 2 aliphatic rings. The van der Waals surface area contributed by atoms with E-state index in [0.29, 0.717) is 19.0 Å². The summed E-state index contributed by atoms with van der Waals surface area (Å²) in [6.45, 7) is 10.8. The highest BCUT2D eigenvalue weighted by atomic mass is 35.5. The van der Waals surface area contributed by atoms with Crippen molar-refractivity contribution in [3.05, 3.63) is 23.8 Å². The minimum atomic E-state index is -0.651. The molecular formula is C20H30ClN3O3. The molecule has 2 heterocycles. The maximum atomic E-state index is 13.0. The molecular weight excluding hydrogens is 366 g/mol. The lowest BCUT2D eigenvalue weighted by atomic mass is 9.83. The average molecular weight is 396 g/mol. The van der Waals surface area contributed by atoms with Crippen LogP contribution in [-0.2, 0) is 4.79 Å². The van der Waals surface area contributed by atoms with Crippen molar-refractivity contribution in [1.29, 1.82) is 0 Å². The van der Waals surface area contributed by atoms with Gasteiger partial charge >= 0.3 is 0 Å². The van der Waals surface area contributed by atoms with Crippen LogP contribution in [0.15, 0.2) is 23.3 Å². The Hall–Kier alpha value is -1.79. The molecule has 0 bridgehead atoms. The van der Waals surface area contributed by atoms with E-state index in [9.17, 15) is 4.79 Å². The van der Waals surface area contributed by atoms with Gasteiger partial charge < -0.3 is 14.8 Å². The number of hydrogen-bond donors (Lipinski definition) is 1. The predicted octanol–water partition coefficient (Wildman–Crippen LogP) is 3.23. The number of nitrogens with zero attached hydrogens (tertiary/aromatic N) is 2. The zero-order valence-electron chi connectivity index (χ0n) is 16.6. The van der Waals surface area contributed by atoms with E-state index < -0.39 is 5.41 Å². The van der Waals surface area contributed by atoms with Gasteiger partial charge in [-0.1, -0.05) is 0 Å². The van der Waals surface area contributed by atoms with E-state index >= 15 is 0 Å². The van der Waals surface area contributed by atoms with Gasteiger partial charge in [0.15, 0.2) is 11.5 Å². The van der Waals surface area contributed by atoms with Crippen molar-refractivity contribution in [2.75, 3.05) is 26.3 Å². The van der Waals surface area contributed by atoms with E-state index in [1.807, 2.05) is 45.9 Å². The second-order valence-electron chi connectivity index (χ2n) is 7.23. The Kier molecular flexibility index (Phi) is 7.12. The number of piperidine rings is 1. The summed E-state index contributed by atoms with van der Waals surface area (Å²) in [6.07, 6.45) is 1.87. The molecule has 6 nitrogen and oxygen atoms in total. The molecule has 1 aromatic carbocycles. The molecule has 1 saturated heterocycles. The lowest BCUT2D eigenvalue weighted by molar-refractivity contribution is -0.137. The van der Waals surface area contributed by atoms with E-state index in [1.54, 1.807) is 5.01 Å². The lowest BCUT2D eigenvalue weighted by Crippen LogP contribution is -2.44. The second kappa shape index (κ2) is 8.93. The number of carbonyl (C=O) groups is 1. The van der Waals surface area contributed by atoms with Crippen LogP contribution >= 0.6 is 12.4 Å². The van der Waals surface area contributed by atoms with E-state index in [-0.39, 0.29) is 24.4 Å². The van der Waals surface area contributed by atoms with Gasteiger partial charge in [-0.15, -0.1) is 12.4 Å². The molecule has 0 unspecified atom stereocenters. The molecule has 0 aromatic heterocycles. The van der Waals surface area contributed by atoms with E-state index in [0.717, 1.165) is 43.0 Å². The monoisotopic (exact) mass is 395 g/mol. The maximum Gasteiger partial charge on any atom is 0.254 e. The fourth-order valence-electron chi connectivity index (χ4n) is 3.58. The molecule has 0 aliphatic carbocycles. The van der Waals surface area contributed by atoms with Crippen molar-refractivity contribution in [2.45, 2.75) is 46.6 Å². The number of hydrogen-bond acceptors (Lipinski definition) is 5. The number of halogens is 1. The smallest absolute Gasteiger partial charge is 0.254 e. The van der Waals surface area contributed by atoms with E-state index in [1.165, 1.54) is 0 Å². The predicted molar refractivity (Wildman–Crippen MR) is 109 cm³/mol. The molecule has 0 atom stereocenters. The van der Waals surface area contributed by atoms with Crippen LogP contribution in [0.2, 0.25) is 0 Å². The summed E-state index contributed by atoms with van der Waals surface area (Å²) in [5, 5.41) is 9.82. The van der Waals surface area contributed by atoms with Gasteiger partial charge in [-0.2, -0.15) is 5.10 Å². The minimum absolute atomic E-state index is 0. The summed E-state index contributed by atoms with van der Waals surface area (Å²) in [5.74, 6) is 1.49. The molecule has 7 heteroatoms. The number of ether oxygens (including phenoxy) is 2. The molecule has 1 aromatic rings. The highest BCUT2D eigenvalue weighted by molar-refractivity contribution is 6.19. The van der Waals surface area contributed by atoms with Crippen molar-refractivity contribution in [3.8, 4) is 11.5 Å².